The minimum atomic E-state index is -0.258. The van der Waals surface area contributed by atoms with Gasteiger partial charge >= 0.3 is 0 Å². The zero-order valence-electron chi connectivity index (χ0n) is 12.4. The summed E-state index contributed by atoms with van der Waals surface area (Å²) in [6.45, 7) is 4.41. The van der Waals surface area contributed by atoms with Gasteiger partial charge in [-0.25, -0.2) is 4.98 Å². The van der Waals surface area contributed by atoms with Crippen LogP contribution in [-0.4, -0.2) is 34.9 Å². The molecule has 1 atom stereocenters. The number of nitrogens with two attached hydrogens (primary N) is 1. The van der Waals surface area contributed by atoms with Gasteiger partial charge in [0.05, 0.1) is 16.8 Å². The number of pyridine rings is 1. The number of likely N-dealkylation sites (tertiary alicyclic amines) is 1. The number of nitrogens with one attached hydrogen (secondary N) is 1. The van der Waals surface area contributed by atoms with E-state index in [0.717, 1.165) is 50.3 Å². The molecule has 1 aromatic rings. The van der Waals surface area contributed by atoms with Gasteiger partial charge < -0.3 is 11.1 Å². The lowest BCUT2D eigenvalue weighted by Gasteiger charge is -2.33. The van der Waals surface area contributed by atoms with Crippen molar-refractivity contribution in [3.05, 3.63) is 22.8 Å². The first-order valence-electron chi connectivity index (χ1n) is 7.54. The smallest absolute Gasteiger partial charge is 0.234 e. The average molecular weight is 311 g/mol. The van der Waals surface area contributed by atoms with Crippen molar-refractivity contribution in [1.29, 1.82) is 0 Å². The summed E-state index contributed by atoms with van der Waals surface area (Å²) < 4.78 is 0. The molecule has 1 aliphatic heterocycles. The van der Waals surface area contributed by atoms with Crippen LogP contribution in [0.15, 0.2) is 12.1 Å². The van der Waals surface area contributed by atoms with Crippen LogP contribution in [0.2, 0.25) is 5.02 Å². The molecule has 2 heterocycles. The van der Waals surface area contributed by atoms with Gasteiger partial charge in [-0.15, -0.1) is 0 Å². The third kappa shape index (κ3) is 4.32. The minimum absolute atomic E-state index is 0.205. The molecule has 1 unspecified atom stereocenters. The Morgan fingerprint density at radius 3 is 3.05 bits per heavy atom. The van der Waals surface area contributed by atoms with Crippen LogP contribution in [-0.2, 0) is 11.3 Å². The number of carbonyl (C=O) groups is 1. The summed E-state index contributed by atoms with van der Waals surface area (Å²) in [4.78, 5) is 18.2. The zero-order chi connectivity index (χ0) is 15.2. The van der Waals surface area contributed by atoms with Crippen molar-refractivity contribution in [2.75, 3.05) is 18.4 Å². The predicted octanol–water partition coefficient (Wildman–Crippen LogP) is 2.40. The highest BCUT2D eigenvalue weighted by Gasteiger charge is 2.27. The highest BCUT2D eigenvalue weighted by molar-refractivity contribution is 6.31. The van der Waals surface area contributed by atoms with E-state index < -0.39 is 0 Å². The summed E-state index contributed by atoms with van der Waals surface area (Å²) in [5, 5.41) is 3.88. The van der Waals surface area contributed by atoms with Crippen LogP contribution in [0.4, 0.5) is 5.82 Å². The van der Waals surface area contributed by atoms with Gasteiger partial charge in [-0.2, -0.15) is 0 Å². The molecule has 5 nitrogen and oxygen atoms in total. The molecule has 2 rings (SSSR count). The van der Waals surface area contributed by atoms with Gasteiger partial charge in [0.15, 0.2) is 0 Å². The number of anilines is 1. The van der Waals surface area contributed by atoms with Crippen LogP contribution < -0.4 is 11.1 Å². The summed E-state index contributed by atoms with van der Waals surface area (Å²) in [7, 11) is 0. The number of piperidine rings is 1. The fraction of sp³-hybridized carbons (Fsp3) is 0.600. The number of primary amides is 1. The van der Waals surface area contributed by atoms with Crippen molar-refractivity contribution in [2.24, 2.45) is 5.73 Å². The number of halogens is 1. The third-order valence-electron chi connectivity index (χ3n) is 3.77. The minimum Gasteiger partial charge on any atom is -0.370 e. The lowest BCUT2D eigenvalue weighted by Crippen LogP contribution is -2.47. The van der Waals surface area contributed by atoms with Crippen molar-refractivity contribution in [1.82, 2.24) is 9.88 Å². The largest absolute Gasteiger partial charge is 0.370 e. The van der Waals surface area contributed by atoms with Crippen molar-refractivity contribution in [2.45, 2.75) is 45.2 Å². The van der Waals surface area contributed by atoms with E-state index in [9.17, 15) is 4.79 Å². The second-order valence-electron chi connectivity index (χ2n) is 5.44. The highest BCUT2D eigenvalue weighted by atomic mass is 35.5. The van der Waals surface area contributed by atoms with E-state index in [1.54, 1.807) is 0 Å². The average Bonchev–Trinajstić information content (AvgIpc) is 2.48. The Kier molecular flexibility index (Phi) is 5.82. The monoisotopic (exact) mass is 310 g/mol. The molecule has 0 spiro atoms. The normalized spacial score (nSPS) is 19.4. The number of nitrogens with zero attached hydrogens (tertiary/aromatic N) is 2. The second-order valence-corrected chi connectivity index (χ2v) is 5.84. The van der Waals surface area contributed by atoms with E-state index in [-0.39, 0.29) is 11.9 Å². The lowest BCUT2D eigenvalue weighted by atomic mass is 10.0. The van der Waals surface area contributed by atoms with Crippen LogP contribution in [0.5, 0.6) is 0 Å². The van der Waals surface area contributed by atoms with Crippen molar-refractivity contribution < 1.29 is 4.79 Å². The quantitative estimate of drug-likeness (QED) is 0.846. The number of carbonyl (C=O) groups excluding carboxylic acids is 1. The Bertz CT molecular complexity index is 495. The van der Waals surface area contributed by atoms with Gasteiger partial charge in [-0.3, -0.25) is 9.69 Å². The summed E-state index contributed by atoms with van der Waals surface area (Å²) >= 11 is 6.24. The molecule has 0 radical (unpaired) electrons. The molecule has 1 amide bonds. The Labute approximate surface area is 130 Å². The number of aromatic nitrogens is 1. The fourth-order valence-corrected chi connectivity index (χ4v) is 2.81. The maximum Gasteiger partial charge on any atom is 0.234 e. The first-order valence-corrected chi connectivity index (χ1v) is 7.92. The molecule has 1 fully saturated rings. The summed E-state index contributed by atoms with van der Waals surface area (Å²) in [5.41, 5.74) is 6.30. The van der Waals surface area contributed by atoms with E-state index in [1.165, 1.54) is 0 Å². The van der Waals surface area contributed by atoms with Crippen LogP contribution in [0, 0.1) is 0 Å². The molecule has 116 valence electrons. The molecule has 0 aliphatic carbocycles. The second kappa shape index (κ2) is 7.61. The van der Waals surface area contributed by atoms with Crippen LogP contribution in [0.3, 0.4) is 0 Å². The number of rotatable bonds is 6. The van der Waals surface area contributed by atoms with Crippen molar-refractivity contribution >= 4 is 23.3 Å². The summed E-state index contributed by atoms with van der Waals surface area (Å²) in [5.74, 6) is 0.565. The molecule has 21 heavy (non-hydrogen) atoms. The number of amides is 1. The fourth-order valence-electron chi connectivity index (χ4n) is 2.64. The molecule has 1 saturated heterocycles. The Balaban J connectivity index is 2.11. The molecule has 1 aliphatic rings. The van der Waals surface area contributed by atoms with E-state index >= 15 is 0 Å². The lowest BCUT2D eigenvalue weighted by molar-refractivity contribution is -0.124. The molecule has 0 aromatic carbocycles. The molecular weight excluding hydrogens is 288 g/mol. The molecule has 6 heteroatoms. The number of hydrogen-bond acceptors (Lipinski definition) is 4. The molecule has 1 aromatic heterocycles. The van der Waals surface area contributed by atoms with E-state index in [0.29, 0.717) is 11.6 Å². The zero-order valence-corrected chi connectivity index (χ0v) is 13.2. The summed E-state index contributed by atoms with van der Waals surface area (Å²) in [6, 6.07) is 3.53. The van der Waals surface area contributed by atoms with Gasteiger partial charge in [-0.1, -0.05) is 24.9 Å². The third-order valence-corrected chi connectivity index (χ3v) is 4.11. The highest BCUT2D eigenvalue weighted by Crippen LogP contribution is 2.23. The van der Waals surface area contributed by atoms with Gasteiger partial charge in [0, 0.05) is 13.1 Å². The van der Waals surface area contributed by atoms with Crippen LogP contribution in [0.25, 0.3) is 0 Å². The first-order chi connectivity index (χ1) is 10.1. The molecule has 3 N–H and O–H groups in total. The Morgan fingerprint density at radius 1 is 1.52 bits per heavy atom. The number of hydrogen-bond donors (Lipinski definition) is 2. The topological polar surface area (TPSA) is 71.2 Å². The SMILES string of the molecule is CCCNc1ccc(Cl)c(CN2CCCCC2C(N)=O)n1. The Morgan fingerprint density at radius 2 is 2.33 bits per heavy atom. The first kappa shape index (κ1) is 16.0. The van der Waals surface area contributed by atoms with E-state index in [1.807, 2.05) is 12.1 Å². The van der Waals surface area contributed by atoms with Gasteiger partial charge in [0.2, 0.25) is 5.91 Å². The Hall–Kier alpha value is -1.33. The van der Waals surface area contributed by atoms with Gasteiger partial charge in [0.1, 0.15) is 5.82 Å². The van der Waals surface area contributed by atoms with Crippen molar-refractivity contribution in [3.63, 3.8) is 0 Å². The van der Waals surface area contributed by atoms with E-state index in [2.05, 4.69) is 22.1 Å². The predicted molar refractivity (Wildman–Crippen MR) is 85.3 cm³/mol. The van der Waals surface area contributed by atoms with E-state index in [4.69, 9.17) is 17.3 Å². The maximum absolute atomic E-state index is 11.6. The van der Waals surface area contributed by atoms with Crippen LogP contribution in [0.1, 0.15) is 38.3 Å². The van der Waals surface area contributed by atoms with Crippen molar-refractivity contribution in [3.8, 4) is 0 Å². The van der Waals surface area contributed by atoms with Crippen LogP contribution >= 0.6 is 11.6 Å². The maximum atomic E-state index is 11.6. The molecule has 0 saturated carbocycles. The molecule has 0 bridgehead atoms. The summed E-state index contributed by atoms with van der Waals surface area (Å²) in [6.07, 6.45) is 3.98. The van der Waals surface area contributed by atoms with Gasteiger partial charge in [-0.05, 0) is 37.9 Å². The van der Waals surface area contributed by atoms with Gasteiger partial charge in [0.25, 0.3) is 0 Å². The molecular formula is C15H23ClN4O. The standard InChI is InChI=1S/C15H23ClN4O/c1-2-8-18-14-7-6-11(16)12(19-14)10-20-9-4-3-5-13(20)15(17)21/h6-7,13H,2-5,8-10H2,1H3,(H2,17,21)(H,18,19).